The van der Waals surface area contributed by atoms with Gasteiger partial charge in [0.15, 0.2) is 11.5 Å². The van der Waals surface area contributed by atoms with Crippen molar-refractivity contribution in [2.24, 2.45) is 0 Å². The van der Waals surface area contributed by atoms with Gasteiger partial charge in [-0.25, -0.2) is 0 Å². The molecular weight excluding hydrogens is 432 g/mol. The Balaban J connectivity index is 1.36. The van der Waals surface area contributed by atoms with Gasteiger partial charge in [0.2, 0.25) is 5.89 Å². The van der Waals surface area contributed by atoms with Crippen LogP contribution < -0.4 is 20.1 Å². The van der Waals surface area contributed by atoms with Crippen molar-refractivity contribution in [3.05, 3.63) is 71.8 Å². The predicted molar refractivity (Wildman–Crippen MR) is 129 cm³/mol. The van der Waals surface area contributed by atoms with E-state index in [-0.39, 0.29) is 6.61 Å². The zero-order valence-corrected chi connectivity index (χ0v) is 18.9. The number of benzene rings is 3. The van der Waals surface area contributed by atoms with E-state index in [0.717, 1.165) is 45.0 Å². The maximum atomic E-state index is 8.93. The van der Waals surface area contributed by atoms with Crippen LogP contribution in [-0.2, 0) is 6.54 Å². The van der Waals surface area contributed by atoms with Gasteiger partial charge in [0.05, 0.1) is 6.61 Å². The van der Waals surface area contributed by atoms with E-state index in [9.17, 15) is 0 Å². The Morgan fingerprint density at radius 2 is 1.74 bits per heavy atom. The maximum absolute atomic E-state index is 8.93. The Labute approximate surface area is 197 Å². The van der Waals surface area contributed by atoms with E-state index in [0.29, 0.717) is 38.2 Å². The monoisotopic (exact) mass is 458 g/mol. The second-order valence-electron chi connectivity index (χ2n) is 7.97. The van der Waals surface area contributed by atoms with Crippen molar-refractivity contribution in [2.75, 3.05) is 31.7 Å². The van der Waals surface area contributed by atoms with E-state index < -0.39 is 0 Å². The highest BCUT2D eigenvalue weighted by atomic mass is 16.6. The van der Waals surface area contributed by atoms with Gasteiger partial charge in [-0.2, -0.15) is 0 Å². The molecule has 0 unspecified atom stereocenters. The molecule has 8 heteroatoms. The molecule has 0 bridgehead atoms. The first kappa shape index (κ1) is 21.9. The third kappa shape index (κ3) is 4.73. The van der Waals surface area contributed by atoms with Gasteiger partial charge in [0, 0.05) is 24.3 Å². The van der Waals surface area contributed by atoms with Gasteiger partial charge in [-0.05, 0) is 59.5 Å². The van der Waals surface area contributed by atoms with Gasteiger partial charge in [0.1, 0.15) is 13.2 Å². The number of fused-ring (bicyclic) bond motifs is 1. The minimum absolute atomic E-state index is 0.109. The number of hydrogen-bond donors (Lipinski definition) is 3. The number of nitrogens with zero attached hydrogens (tertiary/aromatic N) is 2. The Hall–Kier alpha value is -3.88. The normalized spacial score (nSPS) is 12.5. The molecule has 4 aromatic rings. The summed E-state index contributed by atoms with van der Waals surface area (Å²) in [5.74, 6) is 1.97. The van der Waals surface area contributed by atoms with Crippen molar-refractivity contribution in [3.8, 4) is 34.1 Å². The van der Waals surface area contributed by atoms with Crippen LogP contribution in [0.2, 0.25) is 0 Å². The van der Waals surface area contributed by atoms with E-state index in [1.807, 2.05) is 61.5 Å². The van der Waals surface area contributed by atoms with E-state index in [1.165, 1.54) is 0 Å². The molecule has 0 amide bonds. The Bertz CT molecular complexity index is 1290. The van der Waals surface area contributed by atoms with Gasteiger partial charge in [-0.15, -0.1) is 5.10 Å². The van der Waals surface area contributed by atoms with E-state index in [1.54, 1.807) is 0 Å². The van der Waals surface area contributed by atoms with Gasteiger partial charge in [-0.3, -0.25) is 0 Å². The lowest BCUT2D eigenvalue weighted by Gasteiger charge is -2.19. The van der Waals surface area contributed by atoms with E-state index in [4.69, 9.17) is 19.0 Å². The molecule has 1 aliphatic heterocycles. The Morgan fingerprint density at radius 3 is 2.62 bits per heavy atom. The fourth-order valence-corrected chi connectivity index (χ4v) is 3.97. The topological polar surface area (TPSA) is 102 Å². The molecule has 0 atom stereocenters. The van der Waals surface area contributed by atoms with Crippen LogP contribution in [0.3, 0.4) is 0 Å². The molecule has 0 fully saturated rings. The second-order valence-corrected chi connectivity index (χ2v) is 7.97. The van der Waals surface area contributed by atoms with Crippen LogP contribution in [0.1, 0.15) is 11.1 Å². The summed E-state index contributed by atoms with van der Waals surface area (Å²) in [6.07, 6.45) is 0. The molecule has 0 saturated carbocycles. The van der Waals surface area contributed by atoms with Crippen LogP contribution in [0.15, 0.2) is 65.1 Å². The number of aromatic nitrogens is 2. The van der Waals surface area contributed by atoms with Crippen LogP contribution in [0.5, 0.6) is 11.5 Å². The van der Waals surface area contributed by atoms with Crippen molar-refractivity contribution in [1.82, 2.24) is 15.5 Å². The maximum Gasteiger partial charge on any atom is 0.320 e. The largest absolute Gasteiger partial charge is 0.486 e. The first-order valence-corrected chi connectivity index (χ1v) is 11.2. The van der Waals surface area contributed by atoms with E-state index >= 15 is 0 Å². The number of aliphatic hydroxyl groups excluding tert-OH is 1. The highest BCUT2D eigenvalue weighted by Crippen LogP contribution is 2.37. The minimum atomic E-state index is 0.109. The average molecular weight is 459 g/mol. The second kappa shape index (κ2) is 9.94. The molecule has 1 aromatic heterocycles. The first-order chi connectivity index (χ1) is 16.7. The highest BCUT2D eigenvalue weighted by Gasteiger charge is 2.17. The number of nitrogens with one attached hydrogen (secondary N) is 2. The zero-order valence-electron chi connectivity index (χ0n) is 18.9. The molecule has 174 valence electrons. The number of ether oxygens (including phenoxy) is 2. The molecule has 0 spiro atoms. The lowest BCUT2D eigenvalue weighted by atomic mass is 9.96. The van der Waals surface area contributed by atoms with Crippen molar-refractivity contribution in [2.45, 2.75) is 13.5 Å². The zero-order chi connectivity index (χ0) is 23.3. The summed E-state index contributed by atoms with van der Waals surface area (Å²) in [4.78, 5) is 0. The Morgan fingerprint density at radius 1 is 0.912 bits per heavy atom. The highest BCUT2D eigenvalue weighted by molar-refractivity contribution is 5.77. The van der Waals surface area contributed by atoms with Gasteiger partial charge in [0.25, 0.3) is 0 Å². The van der Waals surface area contributed by atoms with Crippen LogP contribution in [0.4, 0.5) is 11.7 Å². The molecule has 3 aromatic carbocycles. The summed E-state index contributed by atoms with van der Waals surface area (Å²) in [6, 6.07) is 20.2. The standard InChI is InChI=1S/C26H26N4O4/c1-17-21(19-8-9-23-24(15-19)33-13-12-32-23)6-3-7-22(17)25-29-30-26(34-25)28-20-5-2-4-18(14-20)16-27-10-11-31/h2-9,14-15,27,31H,10-13,16H2,1H3,(H,28,30). The number of hydrogen-bond acceptors (Lipinski definition) is 8. The summed E-state index contributed by atoms with van der Waals surface area (Å²) in [5.41, 5.74) is 5.93. The van der Waals surface area contributed by atoms with Crippen LogP contribution in [0.25, 0.3) is 22.6 Å². The lowest BCUT2D eigenvalue weighted by molar-refractivity contribution is 0.171. The molecular formula is C26H26N4O4. The smallest absolute Gasteiger partial charge is 0.320 e. The summed E-state index contributed by atoms with van der Waals surface area (Å²) in [6.45, 7) is 4.49. The molecule has 8 nitrogen and oxygen atoms in total. The summed E-state index contributed by atoms with van der Waals surface area (Å²) in [7, 11) is 0. The van der Waals surface area contributed by atoms with Gasteiger partial charge in [-0.1, -0.05) is 35.4 Å². The third-order valence-electron chi connectivity index (χ3n) is 5.64. The lowest BCUT2D eigenvalue weighted by Crippen LogP contribution is -2.17. The summed E-state index contributed by atoms with van der Waals surface area (Å²) in [5, 5.41) is 23.7. The van der Waals surface area contributed by atoms with Crippen LogP contribution >= 0.6 is 0 Å². The van der Waals surface area contributed by atoms with Crippen LogP contribution in [0, 0.1) is 6.92 Å². The molecule has 5 rings (SSSR count). The molecule has 2 heterocycles. The molecule has 0 radical (unpaired) electrons. The molecule has 34 heavy (non-hydrogen) atoms. The third-order valence-corrected chi connectivity index (χ3v) is 5.64. The minimum Gasteiger partial charge on any atom is -0.486 e. The number of anilines is 2. The van der Waals surface area contributed by atoms with Crippen molar-refractivity contribution in [3.63, 3.8) is 0 Å². The quantitative estimate of drug-likeness (QED) is 0.336. The first-order valence-electron chi connectivity index (χ1n) is 11.2. The molecule has 1 aliphatic rings. The molecule has 0 saturated heterocycles. The Kier molecular flexibility index (Phi) is 6.42. The van der Waals surface area contributed by atoms with Gasteiger partial charge < -0.3 is 29.6 Å². The van der Waals surface area contributed by atoms with E-state index in [2.05, 4.69) is 26.9 Å². The average Bonchev–Trinajstić information content (AvgIpc) is 3.32. The number of aliphatic hydroxyl groups is 1. The van der Waals surface area contributed by atoms with Crippen LogP contribution in [-0.4, -0.2) is 41.7 Å². The predicted octanol–water partition coefficient (Wildman–Crippen LogP) is 4.31. The van der Waals surface area contributed by atoms with Crippen molar-refractivity contribution in [1.29, 1.82) is 0 Å². The summed E-state index contributed by atoms with van der Waals surface area (Å²) >= 11 is 0. The van der Waals surface area contributed by atoms with Crippen molar-refractivity contribution < 1.29 is 19.0 Å². The SMILES string of the molecule is Cc1c(-c2ccc3c(c2)OCCO3)cccc1-c1nnc(Nc2cccc(CNCCO)c2)o1. The van der Waals surface area contributed by atoms with Gasteiger partial charge >= 0.3 is 6.01 Å². The molecule has 0 aliphatic carbocycles. The number of rotatable bonds is 8. The fourth-order valence-electron chi connectivity index (χ4n) is 3.97. The molecule has 3 N–H and O–H groups in total. The van der Waals surface area contributed by atoms with Crippen molar-refractivity contribution >= 4 is 11.7 Å². The summed E-state index contributed by atoms with van der Waals surface area (Å²) < 4.78 is 17.3. The fraction of sp³-hybridized carbons (Fsp3) is 0.231.